The van der Waals surface area contributed by atoms with Crippen molar-refractivity contribution in [2.24, 2.45) is 0 Å². The molecule has 0 bridgehead atoms. The molecular formula is C25H18N4O7S. The summed E-state index contributed by atoms with van der Waals surface area (Å²) in [5, 5.41) is 22.1. The van der Waals surface area contributed by atoms with Crippen LogP contribution in [-0.4, -0.2) is 57.4 Å². The topological polar surface area (TPSA) is 139 Å². The maximum atomic E-state index is 13.4. The van der Waals surface area contributed by atoms with Gasteiger partial charge in [-0.25, -0.2) is 4.79 Å². The number of aromatic nitrogens is 1. The van der Waals surface area contributed by atoms with Gasteiger partial charge >= 0.3 is 5.97 Å². The number of carboxylic acid groups (broad SMARTS) is 1. The number of nitro groups is 1. The Balaban J connectivity index is 1.51. The zero-order valence-electron chi connectivity index (χ0n) is 19.1. The summed E-state index contributed by atoms with van der Waals surface area (Å²) >= 11 is 1.15. The molecule has 0 spiro atoms. The van der Waals surface area contributed by atoms with Crippen molar-refractivity contribution >= 4 is 60.5 Å². The average Bonchev–Trinajstić information content (AvgIpc) is 3.56. The van der Waals surface area contributed by atoms with Gasteiger partial charge in [0.2, 0.25) is 5.43 Å². The molecule has 1 aliphatic heterocycles. The molecule has 1 aliphatic rings. The lowest BCUT2D eigenvalue weighted by Gasteiger charge is -2.35. The number of nitro benzene ring substituents is 1. The summed E-state index contributed by atoms with van der Waals surface area (Å²) in [5.74, 6) is -1.42. The van der Waals surface area contributed by atoms with Gasteiger partial charge < -0.3 is 19.3 Å². The zero-order valence-corrected chi connectivity index (χ0v) is 19.9. The number of amides is 1. The minimum Gasteiger partial charge on any atom is -0.477 e. The SMILES string of the molecule is O=C(O)c1c(=O)c2cc(N3CCN(C(=O)c4ccco4)CC3)c([N+](=O)[O-])cc2n2c1sc1ccccc12. The summed E-state index contributed by atoms with van der Waals surface area (Å²) < 4.78 is 7.54. The van der Waals surface area contributed by atoms with Crippen molar-refractivity contribution in [3.05, 3.63) is 86.5 Å². The minimum absolute atomic E-state index is 0.0770. The van der Waals surface area contributed by atoms with Crippen molar-refractivity contribution in [3.63, 3.8) is 0 Å². The third-order valence-electron chi connectivity index (χ3n) is 6.59. The number of aromatic carboxylic acids is 1. The number of pyridine rings is 1. The number of thiazole rings is 1. The van der Waals surface area contributed by atoms with Crippen molar-refractivity contribution in [3.8, 4) is 0 Å². The molecule has 2 aromatic carbocycles. The zero-order chi connectivity index (χ0) is 25.8. The van der Waals surface area contributed by atoms with Gasteiger partial charge in [0, 0.05) is 37.6 Å². The first-order valence-corrected chi connectivity index (χ1v) is 12.2. The van der Waals surface area contributed by atoms with Gasteiger partial charge in [-0.2, -0.15) is 0 Å². The van der Waals surface area contributed by atoms with Crippen molar-refractivity contribution < 1.29 is 24.0 Å². The lowest BCUT2D eigenvalue weighted by Crippen LogP contribution is -2.48. The lowest BCUT2D eigenvalue weighted by atomic mass is 10.1. The van der Waals surface area contributed by atoms with E-state index in [2.05, 4.69) is 0 Å². The molecule has 1 saturated heterocycles. The molecule has 12 heteroatoms. The van der Waals surface area contributed by atoms with Crippen LogP contribution in [0.4, 0.5) is 11.4 Å². The molecule has 37 heavy (non-hydrogen) atoms. The highest BCUT2D eigenvalue weighted by Crippen LogP contribution is 2.37. The summed E-state index contributed by atoms with van der Waals surface area (Å²) in [7, 11) is 0. The van der Waals surface area contributed by atoms with Gasteiger partial charge in [0.15, 0.2) is 5.76 Å². The van der Waals surface area contributed by atoms with Crippen molar-refractivity contribution in [1.82, 2.24) is 9.30 Å². The van der Waals surface area contributed by atoms with E-state index in [1.165, 1.54) is 18.4 Å². The molecule has 0 atom stereocenters. The molecule has 6 rings (SSSR count). The van der Waals surface area contributed by atoms with E-state index in [-0.39, 0.29) is 57.4 Å². The van der Waals surface area contributed by atoms with Crippen LogP contribution in [0.2, 0.25) is 0 Å². The normalized spacial score (nSPS) is 14.1. The number of rotatable bonds is 4. The summed E-state index contributed by atoms with van der Waals surface area (Å²) in [6.07, 6.45) is 1.42. The van der Waals surface area contributed by atoms with Crippen molar-refractivity contribution in [1.29, 1.82) is 0 Å². The molecule has 3 aromatic heterocycles. The molecule has 0 aliphatic carbocycles. The average molecular weight is 519 g/mol. The number of carboxylic acids is 1. The second-order valence-electron chi connectivity index (χ2n) is 8.59. The third-order valence-corrected chi connectivity index (χ3v) is 7.73. The molecule has 1 amide bonds. The number of carbonyl (C=O) groups excluding carboxylic acids is 1. The number of hydrogen-bond donors (Lipinski definition) is 1. The number of carbonyl (C=O) groups is 2. The van der Waals surface area contributed by atoms with Crippen LogP contribution in [0.1, 0.15) is 20.9 Å². The molecule has 0 saturated carbocycles. The van der Waals surface area contributed by atoms with Gasteiger partial charge in [-0.15, -0.1) is 11.3 Å². The fourth-order valence-corrected chi connectivity index (χ4v) is 6.04. The van der Waals surface area contributed by atoms with E-state index in [1.54, 1.807) is 50.6 Å². The van der Waals surface area contributed by atoms with Gasteiger partial charge in [0.05, 0.1) is 26.9 Å². The van der Waals surface area contributed by atoms with E-state index in [1.807, 2.05) is 0 Å². The standard InChI is InChI=1S/C25H18N4O7S/c30-22-14-12-17(26-7-9-27(10-8-26)23(31)19-5-3-11-36-19)18(29(34)35)13-16(14)28-15-4-1-2-6-20(15)37-24(28)21(22)25(32)33/h1-6,11-13H,7-10H2,(H,32,33). The Hall–Kier alpha value is -4.71. The van der Waals surface area contributed by atoms with Crippen LogP contribution in [-0.2, 0) is 0 Å². The summed E-state index contributed by atoms with van der Waals surface area (Å²) in [6.45, 7) is 1.16. The number of nitrogens with zero attached hydrogens (tertiary/aromatic N) is 4. The summed E-state index contributed by atoms with van der Waals surface area (Å²) in [4.78, 5) is 53.4. The smallest absolute Gasteiger partial charge is 0.342 e. The Morgan fingerprint density at radius 2 is 1.78 bits per heavy atom. The maximum absolute atomic E-state index is 13.4. The first kappa shape index (κ1) is 22.7. The monoisotopic (exact) mass is 518 g/mol. The fourth-order valence-electron chi connectivity index (χ4n) is 4.85. The molecule has 186 valence electrons. The fraction of sp³-hybridized carbons (Fsp3) is 0.160. The van der Waals surface area contributed by atoms with Gasteiger partial charge in [0.25, 0.3) is 11.6 Å². The molecule has 11 nitrogen and oxygen atoms in total. The van der Waals surface area contributed by atoms with Crippen LogP contribution in [0.3, 0.4) is 0 Å². The number of fused-ring (bicyclic) bond motifs is 5. The largest absolute Gasteiger partial charge is 0.477 e. The van der Waals surface area contributed by atoms with E-state index >= 15 is 0 Å². The van der Waals surface area contributed by atoms with E-state index in [4.69, 9.17) is 4.42 Å². The Bertz CT molecular complexity index is 1800. The molecule has 1 N–H and O–H groups in total. The molecule has 1 fully saturated rings. The Kier molecular flexibility index (Phi) is 5.19. The Morgan fingerprint density at radius 3 is 2.46 bits per heavy atom. The first-order valence-electron chi connectivity index (χ1n) is 11.3. The summed E-state index contributed by atoms with van der Waals surface area (Å²) in [6, 6.07) is 13.1. The van der Waals surface area contributed by atoms with Crippen LogP contribution < -0.4 is 10.3 Å². The van der Waals surface area contributed by atoms with E-state index in [0.717, 1.165) is 16.0 Å². The molecule has 5 aromatic rings. The van der Waals surface area contributed by atoms with Gasteiger partial charge in [-0.3, -0.25) is 24.1 Å². The van der Waals surface area contributed by atoms with E-state index in [0.29, 0.717) is 18.6 Å². The number of anilines is 1. The molecule has 0 unspecified atom stereocenters. The van der Waals surface area contributed by atoms with Crippen molar-refractivity contribution in [2.75, 3.05) is 31.1 Å². The molecular weight excluding hydrogens is 500 g/mol. The highest BCUT2D eigenvalue weighted by Gasteiger charge is 2.30. The van der Waals surface area contributed by atoms with Crippen LogP contribution in [0.15, 0.2) is 64.0 Å². The van der Waals surface area contributed by atoms with Crippen LogP contribution in [0, 0.1) is 10.1 Å². The van der Waals surface area contributed by atoms with Gasteiger partial charge in [-0.05, 0) is 30.3 Å². The third kappa shape index (κ3) is 3.52. The number of hydrogen-bond acceptors (Lipinski definition) is 8. The minimum atomic E-state index is -1.36. The van der Waals surface area contributed by atoms with E-state index in [9.17, 15) is 29.6 Å². The molecule has 0 radical (unpaired) electrons. The number of para-hydroxylation sites is 1. The maximum Gasteiger partial charge on any atom is 0.342 e. The lowest BCUT2D eigenvalue weighted by molar-refractivity contribution is -0.384. The first-order chi connectivity index (χ1) is 17.8. The van der Waals surface area contributed by atoms with Crippen LogP contribution in [0.25, 0.3) is 25.9 Å². The Morgan fingerprint density at radius 1 is 1.03 bits per heavy atom. The predicted octanol–water partition coefficient (Wildman–Crippen LogP) is 3.83. The second-order valence-corrected chi connectivity index (χ2v) is 9.62. The molecule has 4 heterocycles. The van der Waals surface area contributed by atoms with Crippen LogP contribution >= 0.6 is 11.3 Å². The highest BCUT2D eigenvalue weighted by molar-refractivity contribution is 7.24. The van der Waals surface area contributed by atoms with Crippen LogP contribution in [0.5, 0.6) is 0 Å². The number of piperazine rings is 1. The quantitative estimate of drug-likeness (QED) is 0.280. The number of benzene rings is 2. The number of furan rings is 1. The Labute approximate surface area is 211 Å². The second kappa shape index (κ2) is 8.45. The van der Waals surface area contributed by atoms with Gasteiger partial charge in [-0.1, -0.05) is 12.1 Å². The predicted molar refractivity (Wildman–Crippen MR) is 137 cm³/mol. The van der Waals surface area contributed by atoms with Crippen molar-refractivity contribution in [2.45, 2.75) is 0 Å². The summed E-state index contributed by atoms with van der Waals surface area (Å²) in [5.41, 5.74) is -0.147. The van der Waals surface area contributed by atoms with E-state index < -0.39 is 16.3 Å². The highest BCUT2D eigenvalue weighted by atomic mass is 32.1. The van der Waals surface area contributed by atoms with Gasteiger partial charge in [0.1, 0.15) is 16.1 Å².